The van der Waals surface area contributed by atoms with Gasteiger partial charge in [-0.2, -0.15) is 0 Å². The number of ether oxygens (including phenoxy) is 1. The number of carbonyl (C=O) groups is 1. The Balaban J connectivity index is 1.75. The van der Waals surface area contributed by atoms with Crippen molar-refractivity contribution >= 4 is 17.5 Å². The average molecular weight is 353 g/mol. The summed E-state index contributed by atoms with van der Waals surface area (Å²) in [5.74, 6) is 0.539. The van der Waals surface area contributed by atoms with E-state index in [0.29, 0.717) is 29.5 Å². The van der Waals surface area contributed by atoms with Crippen LogP contribution in [0.1, 0.15) is 56.3 Å². The molecule has 1 saturated heterocycles. The largest absolute Gasteiger partial charge is 0.492 e. The smallest absolute Gasteiger partial charge is 0.251 e. The minimum Gasteiger partial charge on any atom is -0.492 e. The SMILES string of the molecule is CCOc1ccc(C(=O)NCCCN2CCCCC2CC)cc1Cl. The molecule has 1 unspecified atom stereocenters. The molecule has 0 radical (unpaired) electrons. The van der Waals surface area contributed by atoms with Crippen molar-refractivity contribution in [2.75, 3.05) is 26.2 Å². The number of likely N-dealkylation sites (tertiary alicyclic amines) is 1. The maximum atomic E-state index is 12.2. The van der Waals surface area contributed by atoms with E-state index in [1.807, 2.05) is 6.92 Å². The zero-order valence-corrected chi connectivity index (χ0v) is 15.6. The Morgan fingerprint density at radius 1 is 1.38 bits per heavy atom. The molecule has 5 heteroatoms. The quantitative estimate of drug-likeness (QED) is 0.715. The van der Waals surface area contributed by atoms with Gasteiger partial charge in [-0.1, -0.05) is 24.9 Å². The van der Waals surface area contributed by atoms with Gasteiger partial charge in [0.2, 0.25) is 0 Å². The summed E-state index contributed by atoms with van der Waals surface area (Å²) >= 11 is 6.14. The number of hydrogen-bond donors (Lipinski definition) is 1. The molecule has 4 nitrogen and oxygen atoms in total. The second-order valence-corrected chi connectivity index (χ2v) is 6.69. The van der Waals surface area contributed by atoms with Gasteiger partial charge < -0.3 is 15.0 Å². The van der Waals surface area contributed by atoms with Crippen molar-refractivity contribution in [2.24, 2.45) is 0 Å². The fourth-order valence-electron chi connectivity index (χ4n) is 3.32. The third-order valence-corrected chi connectivity index (χ3v) is 4.92. The van der Waals surface area contributed by atoms with Crippen molar-refractivity contribution in [1.82, 2.24) is 10.2 Å². The molecule has 1 fully saturated rings. The molecule has 134 valence electrons. The third-order valence-electron chi connectivity index (χ3n) is 4.62. The van der Waals surface area contributed by atoms with Gasteiger partial charge in [-0.25, -0.2) is 0 Å². The zero-order valence-electron chi connectivity index (χ0n) is 14.8. The lowest BCUT2D eigenvalue weighted by molar-refractivity contribution is 0.0947. The van der Waals surface area contributed by atoms with Gasteiger partial charge in [0.05, 0.1) is 11.6 Å². The van der Waals surface area contributed by atoms with Crippen LogP contribution in [0.25, 0.3) is 0 Å². The number of hydrogen-bond acceptors (Lipinski definition) is 3. The fraction of sp³-hybridized carbons (Fsp3) is 0.632. The zero-order chi connectivity index (χ0) is 17.4. The molecule has 1 aliphatic rings. The molecule has 24 heavy (non-hydrogen) atoms. The molecule has 1 atom stereocenters. The van der Waals surface area contributed by atoms with E-state index in [9.17, 15) is 4.79 Å². The fourth-order valence-corrected chi connectivity index (χ4v) is 3.55. The van der Waals surface area contributed by atoms with E-state index in [0.717, 1.165) is 19.0 Å². The highest BCUT2D eigenvalue weighted by Gasteiger charge is 2.19. The highest BCUT2D eigenvalue weighted by Crippen LogP contribution is 2.25. The Bertz CT molecular complexity index is 536. The lowest BCUT2D eigenvalue weighted by atomic mass is 10.00. The summed E-state index contributed by atoms with van der Waals surface area (Å²) < 4.78 is 5.39. The van der Waals surface area contributed by atoms with Crippen LogP contribution in [-0.2, 0) is 0 Å². The summed E-state index contributed by atoms with van der Waals surface area (Å²) in [6.07, 6.45) is 6.16. The van der Waals surface area contributed by atoms with Gasteiger partial charge >= 0.3 is 0 Å². The Labute approximate surface area is 150 Å². The molecule has 0 bridgehead atoms. The van der Waals surface area contributed by atoms with E-state index in [1.165, 1.54) is 32.2 Å². The maximum Gasteiger partial charge on any atom is 0.251 e. The van der Waals surface area contributed by atoms with Gasteiger partial charge in [0, 0.05) is 24.7 Å². The Morgan fingerprint density at radius 3 is 2.92 bits per heavy atom. The standard InChI is InChI=1S/C19H29ClN2O2/c1-3-16-8-5-6-12-22(16)13-7-11-21-19(23)15-9-10-18(24-4-2)17(20)14-15/h9-10,14,16H,3-8,11-13H2,1-2H3,(H,21,23). The second-order valence-electron chi connectivity index (χ2n) is 6.28. The van der Waals surface area contributed by atoms with Gasteiger partial charge in [-0.05, 0) is 57.4 Å². The van der Waals surface area contributed by atoms with Gasteiger partial charge in [0.1, 0.15) is 5.75 Å². The molecule has 0 saturated carbocycles. The first-order chi connectivity index (χ1) is 11.7. The molecular formula is C19H29ClN2O2. The Kier molecular flexibility index (Phi) is 7.86. The predicted octanol–water partition coefficient (Wildman–Crippen LogP) is 4.12. The van der Waals surface area contributed by atoms with Crippen molar-refractivity contribution in [3.63, 3.8) is 0 Å². The van der Waals surface area contributed by atoms with E-state index in [-0.39, 0.29) is 5.91 Å². The van der Waals surface area contributed by atoms with E-state index in [1.54, 1.807) is 18.2 Å². The van der Waals surface area contributed by atoms with E-state index in [2.05, 4.69) is 17.1 Å². The van der Waals surface area contributed by atoms with Gasteiger partial charge in [-0.3, -0.25) is 4.79 Å². The summed E-state index contributed by atoms with van der Waals surface area (Å²) in [6.45, 7) is 7.67. The molecule has 0 aliphatic carbocycles. The molecule has 1 heterocycles. The first kappa shape index (κ1) is 19.1. The topological polar surface area (TPSA) is 41.6 Å². The number of piperidine rings is 1. The van der Waals surface area contributed by atoms with Crippen LogP contribution >= 0.6 is 11.6 Å². The van der Waals surface area contributed by atoms with E-state index < -0.39 is 0 Å². The average Bonchev–Trinajstić information content (AvgIpc) is 2.60. The minimum absolute atomic E-state index is 0.0781. The number of rotatable bonds is 8. The van der Waals surface area contributed by atoms with Crippen LogP contribution in [0.3, 0.4) is 0 Å². The predicted molar refractivity (Wildman–Crippen MR) is 99.1 cm³/mol. The first-order valence-electron chi connectivity index (χ1n) is 9.10. The summed E-state index contributed by atoms with van der Waals surface area (Å²) in [5.41, 5.74) is 0.577. The lowest BCUT2D eigenvalue weighted by Crippen LogP contribution is -2.40. The normalized spacial score (nSPS) is 18.4. The molecule has 2 rings (SSSR count). The minimum atomic E-state index is -0.0781. The van der Waals surface area contributed by atoms with Crippen LogP contribution in [0.5, 0.6) is 5.75 Å². The van der Waals surface area contributed by atoms with Gasteiger partial charge in [0.25, 0.3) is 5.91 Å². The molecule has 1 aliphatic heterocycles. The number of amides is 1. The number of benzene rings is 1. The van der Waals surface area contributed by atoms with Crippen molar-refractivity contribution in [2.45, 2.75) is 52.0 Å². The van der Waals surface area contributed by atoms with Crippen LogP contribution < -0.4 is 10.1 Å². The van der Waals surface area contributed by atoms with Crippen LogP contribution in [0, 0.1) is 0 Å². The van der Waals surface area contributed by atoms with E-state index >= 15 is 0 Å². The van der Waals surface area contributed by atoms with Crippen LogP contribution in [0.4, 0.5) is 0 Å². The highest BCUT2D eigenvalue weighted by atomic mass is 35.5. The highest BCUT2D eigenvalue weighted by molar-refractivity contribution is 6.32. The van der Waals surface area contributed by atoms with Crippen LogP contribution in [-0.4, -0.2) is 43.1 Å². The molecule has 0 aromatic heterocycles. The summed E-state index contributed by atoms with van der Waals surface area (Å²) in [7, 11) is 0. The van der Waals surface area contributed by atoms with Crippen molar-refractivity contribution in [3.8, 4) is 5.75 Å². The third kappa shape index (κ3) is 5.38. The van der Waals surface area contributed by atoms with Crippen molar-refractivity contribution in [1.29, 1.82) is 0 Å². The van der Waals surface area contributed by atoms with Gasteiger partial charge in [0.15, 0.2) is 0 Å². The molecular weight excluding hydrogens is 324 g/mol. The monoisotopic (exact) mass is 352 g/mol. The molecule has 0 spiro atoms. The van der Waals surface area contributed by atoms with Crippen LogP contribution in [0.2, 0.25) is 5.02 Å². The number of nitrogens with one attached hydrogen (secondary N) is 1. The number of carbonyl (C=O) groups excluding carboxylic acids is 1. The summed E-state index contributed by atoms with van der Waals surface area (Å²) in [6, 6.07) is 5.89. The molecule has 1 aromatic rings. The first-order valence-corrected chi connectivity index (χ1v) is 9.48. The number of nitrogens with zero attached hydrogens (tertiary/aromatic N) is 1. The lowest BCUT2D eigenvalue weighted by Gasteiger charge is -2.35. The van der Waals surface area contributed by atoms with Crippen molar-refractivity contribution < 1.29 is 9.53 Å². The Morgan fingerprint density at radius 2 is 2.21 bits per heavy atom. The molecule has 1 N–H and O–H groups in total. The molecule has 1 amide bonds. The second kappa shape index (κ2) is 9.90. The van der Waals surface area contributed by atoms with Gasteiger partial charge in [-0.15, -0.1) is 0 Å². The summed E-state index contributed by atoms with van der Waals surface area (Å²) in [5, 5.41) is 3.46. The maximum absolute atomic E-state index is 12.2. The van der Waals surface area contributed by atoms with E-state index in [4.69, 9.17) is 16.3 Å². The van der Waals surface area contributed by atoms with Crippen LogP contribution in [0.15, 0.2) is 18.2 Å². The Hall–Kier alpha value is -1.26. The number of halogens is 1. The van der Waals surface area contributed by atoms with Crippen molar-refractivity contribution in [3.05, 3.63) is 28.8 Å². The summed E-state index contributed by atoms with van der Waals surface area (Å²) in [4.78, 5) is 14.8. The molecule has 1 aromatic carbocycles.